The lowest BCUT2D eigenvalue weighted by Gasteiger charge is -2.14. The molecule has 23 heavy (non-hydrogen) atoms. The fourth-order valence-corrected chi connectivity index (χ4v) is 2.38. The molecule has 0 amide bonds. The number of hydrogen-bond donors (Lipinski definition) is 2. The van der Waals surface area contributed by atoms with Gasteiger partial charge in [-0.3, -0.25) is 0 Å². The summed E-state index contributed by atoms with van der Waals surface area (Å²) in [7, 11) is 3.07. The third-order valence-corrected chi connectivity index (χ3v) is 3.57. The fraction of sp³-hybridized carbons (Fsp3) is 0.188. The van der Waals surface area contributed by atoms with Gasteiger partial charge < -0.3 is 14.9 Å². The number of nitrogens with zero attached hydrogens (tertiary/aromatic N) is 1. The molecule has 3 N–H and O–H groups in total. The van der Waals surface area contributed by atoms with Crippen molar-refractivity contribution >= 4 is 27.5 Å². The third kappa shape index (κ3) is 4.20. The van der Waals surface area contributed by atoms with Gasteiger partial charge in [0.15, 0.2) is 5.84 Å². The SMILES string of the molecule is C.COc1cc(OC)c(C(=Nc2ccccc2F)NN)cc1Br. The van der Waals surface area contributed by atoms with Crippen LogP contribution in [0, 0.1) is 5.82 Å². The first-order valence-electron chi connectivity index (χ1n) is 6.32. The minimum atomic E-state index is -0.443. The van der Waals surface area contributed by atoms with Crippen molar-refractivity contribution in [1.29, 1.82) is 0 Å². The van der Waals surface area contributed by atoms with Gasteiger partial charge in [0.05, 0.1) is 24.3 Å². The molecule has 0 unspecified atom stereocenters. The Bertz CT molecular complexity index is 708. The number of halogens is 2. The van der Waals surface area contributed by atoms with Crippen molar-refractivity contribution in [2.45, 2.75) is 7.43 Å². The standard InChI is InChI=1S/C15H15BrFN3O2.CH4/c1-21-13-8-14(22-2)10(16)7-9(13)15(20-18)19-12-6-4-3-5-11(12)17;/h3-8H,18H2,1-2H3,(H,19,20);1H4. The zero-order valence-corrected chi connectivity index (χ0v) is 13.6. The maximum Gasteiger partial charge on any atom is 0.151 e. The molecule has 5 nitrogen and oxygen atoms in total. The van der Waals surface area contributed by atoms with Crippen LogP contribution in [0.5, 0.6) is 11.5 Å². The molecule has 2 aromatic rings. The molecule has 0 aliphatic rings. The molecule has 7 heteroatoms. The van der Waals surface area contributed by atoms with Crippen LogP contribution in [0.3, 0.4) is 0 Å². The number of rotatable bonds is 4. The number of aliphatic imine (C=N–C) groups is 1. The van der Waals surface area contributed by atoms with E-state index in [1.807, 2.05) is 0 Å². The van der Waals surface area contributed by atoms with E-state index in [1.165, 1.54) is 13.2 Å². The number of amidine groups is 1. The summed E-state index contributed by atoms with van der Waals surface area (Å²) < 4.78 is 25.0. The van der Waals surface area contributed by atoms with Crippen molar-refractivity contribution in [2.75, 3.05) is 14.2 Å². The Morgan fingerprint density at radius 2 is 1.83 bits per heavy atom. The summed E-state index contributed by atoms with van der Waals surface area (Å²) in [5.41, 5.74) is 3.22. The van der Waals surface area contributed by atoms with Crippen LogP contribution in [-0.2, 0) is 0 Å². The molecule has 0 saturated carbocycles. The minimum Gasteiger partial charge on any atom is -0.496 e. The van der Waals surface area contributed by atoms with Gasteiger partial charge in [0, 0.05) is 6.07 Å². The first-order valence-corrected chi connectivity index (χ1v) is 7.11. The maximum atomic E-state index is 13.7. The summed E-state index contributed by atoms with van der Waals surface area (Å²) >= 11 is 3.39. The van der Waals surface area contributed by atoms with Crippen LogP contribution in [0.1, 0.15) is 13.0 Å². The van der Waals surface area contributed by atoms with Crippen molar-refractivity contribution < 1.29 is 13.9 Å². The lowest BCUT2D eigenvalue weighted by atomic mass is 10.1. The number of hydrazine groups is 1. The molecule has 0 aromatic heterocycles. The highest BCUT2D eigenvalue weighted by Crippen LogP contribution is 2.33. The molecule has 0 aliphatic heterocycles. The van der Waals surface area contributed by atoms with E-state index in [0.29, 0.717) is 21.5 Å². The molecule has 124 valence electrons. The van der Waals surface area contributed by atoms with Gasteiger partial charge in [-0.2, -0.15) is 0 Å². The van der Waals surface area contributed by atoms with Crippen LogP contribution < -0.4 is 20.7 Å². The average Bonchev–Trinajstić information content (AvgIpc) is 2.54. The summed E-state index contributed by atoms with van der Waals surface area (Å²) in [5.74, 6) is 6.46. The van der Waals surface area contributed by atoms with Crippen molar-refractivity contribution in [3.05, 3.63) is 52.3 Å². The monoisotopic (exact) mass is 383 g/mol. The van der Waals surface area contributed by atoms with Crippen molar-refractivity contribution in [3.8, 4) is 11.5 Å². The Hall–Kier alpha value is -2.12. The first-order chi connectivity index (χ1) is 10.6. The Morgan fingerprint density at radius 3 is 2.39 bits per heavy atom. The topological polar surface area (TPSA) is 68.9 Å². The van der Waals surface area contributed by atoms with E-state index in [4.69, 9.17) is 15.3 Å². The van der Waals surface area contributed by atoms with Gasteiger partial charge in [-0.15, -0.1) is 0 Å². The highest BCUT2D eigenvalue weighted by molar-refractivity contribution is 9.10. The molecule has 0 fully saturated rings. The molecule has 2 aromatic carbocycles. The minimum absolute atomic E-state index is 0. The Kier molecular flexibility index (Phi) is 6.99. The van der Waals surface area contributed by atoms with E-state index in [2.05, 4.69) is 26.3 Å². The largest absolute Gasteiger partial charge is 0.496 e. The molecule has 0 radical (unpaired) electrons. The van der Waals surface area contributed by atoms with Gasteiger partial charge in [-0.1, -0.05) is 19.6 Å². The molecule has 0 aliphatic carbocycles. The predicted octanol–water partition coefficient (Wildman–Crippen LogP) is 3.78. The van der Waals surface area contributed by atoms with Crippen LogP contribution in [0.2, 0.25) is 0 Å². The van der Waals surface area contributed by atoms with Gasteiger partial charge >= 0.3 is 0 Å². The molecule has 0 bridgehead atoms. The molecule has 0 atom stereocenters. The van der Waals surface area contributed by atoms with E-state index in [-0.39, 0.29) is 18.9 Å². The predicted molar refractivity (Wildman–Crippen MR) is 93.9 cm³/mol. The van der Waals surface area contributed by atoms with E-state index in [0.717, 1.165) is 0 Å². The number of ether oxygens (including phenoxy) is 2. The summed E-state index contributed by atoms with van der Waals surface area (Å²) in [6.45, 7) is 0. The number of hydrogen-bond acceptors (Lipinski definition) is 4. The molecule has 0 heterocycles. The Morgan fingerprint density at radius 1 is 1.17 bits per heavy atom. The maximum absolute atomic E-state index is 13.7. The third-order valence-electron chi connectivity index (χ3n) is 2.95. The quantitative estimate of drug-likeness (QED) is 0.364. The smallest absolute Gasteiger partial charge is 0.151 e. The van der Waals surface area contributed by atoms with E-state index in [9.17, 15) is 4.39 Å². The highest BCUT2D eigenvalue weighted by atomic mass is 79.9. The first kappa shape index (κ1) is 18.9. The zero-order chi connectivity index (χ0) is 16.1. The van der Waals surface area contributed by atoms with Gasteiger partial charge in [0.2, 0.25) is 0 Å². The van der Waals surface area contributed by atoms with E-state index >= 15 is 0 Å². The summed E-state index contributed by atoms with van der Waals surface area (Å²) in [5, 5.41) is 0. The van der Waals surface area contributed by atoms with Crippen molar-refractivity contribution in [1.82, 2.24) is 5.43 Å². The lowest BCUT2D eigenvalue weighted by Crippen LogP contribution is -2.31. The second-order valence-electron chi connectivity index (χ2n) is 4.24. The number of nitrogens with one attached hydrogen (secondary N) is 1. The van der Waals surface area contributed by atoms with E-state index in [1.54, 1.807) is 37.4 Å². The summed E-state index contributed by atoms with van der Waals surface area (Å²) in [4.78, 5) is 4.22. The van der Waals surface area contributed by atoms with Crippen LogP contribution in [0.4, 0.5) is 10.1 Å². The molecule has 2 rings (SSSR count). The van der Waals surface area contributed by atoms with Crippen LogP contribution in [0.25, 0.3) is 0 Å². The fourth-order valence-electron chi connectivity index (χ4n) is 1.88. The van der Waals surface area contributed by atoms with Crippen LogP contribution in [0.15, 0.2) is 45.9 Å². The summed E-state index contributed by atoms with van der Waals surface area (Å²) in [6.07, 6.45) is 0. The molecule has 0 saturated heterocycles. The van der Waals surface area contributed by atoms with Crippen LogP contribution >= 0.6 is 15.9 Å². The lowest BCUT2D eigenvalue weighted by molar-refractivity contribution is 0.392. The van der Waals surface area contributed by atoms with Crippen molar-refractivity contribution in [2.24, 2.45) is 10.8 Å². The number of para-hydroxylation sites is 1. The van der Waals surface area contributed by atoms with Crippen LogP contribution in [-0.4, -0.2) is 20.1 Å². The Balaban J connectivity index is 0.00000264. The van der Waals surface area contributed by atoms with Gasteiger partial charge in [0.25, 0.3) is 0 Å². The number of methoxy groups -OCH3 is 2. The van der Waals surface area contributed by atoms with Gasteiger partial charge in [0.1, 0.15) is 23.0 Å². The Labute approximate surface area is 143 Å². The van der Waals surface area contributed by atoms with Gasteiger partial charge in [-0.25, -0.2) is 15.2 Å². The second-order valence-corrected chi connectivity index (χ2v) is 5.10. The average molecular weight is 384 g/mol. The number of benzene rings is 2. The summed E-state index contributed by atoms with van der Waals surface area (Å²) in [6, 6.07) is 9.59. The number of nitrogens with two attached hydrogens (primary N) is 1. The molecular formula is C16H19BrFN3O2. The highest BCUT2D eigenvalue weighted by Gasteiger charge is 2.15. The van der Waals surface area contributed by atoms with E-state index < -0.39 is 5.82 Å². The normalized spacial score (nSPS) is 10.7. The van der Waals surface area contributed by atoms with Gasteiger partial charge in [-0.05, 0) is 34.1 Å². The zero-order valence-electron chi connectivity index (χ0n) is 12.1. The second kappa shape index (κ2) is 8.50. The van der Waals surface area contributed by atoms with Crippen molar-refractivity contribution in [3.63, 3.8) is 0 Å². The molecule has 0 spiro atoms. The molecular weight excluding hydrogens is 365 g/mol.